The van der Waals surface area contributed by atoms with Gasteiger partial charge in [0.1, 0.15) is 0 Å². The number of hydrogen-bond acceptors (Lipinski definition) is 3. The molecule has 1 amide bonds. The van der Waals surface area contributed by atoms with Crippen molar-refractivity contribution in [1.82, 2.24) is 0 Å². The Morgan fingerprint density at radius 1 is 1.33 bits per heavy atom. The first-order valence-electron chi connectivity index (χ1n) is 7.23. The van der Waals surface area contributed by atoms with E-state index < -0.39 is 10.0 Å². The molecule has 1 aromatic rings. The summed E-state index contributed by atoms with van der Waals surface area (Å²) in [5, 5.41) is 7.97. The summed E-state index contributed by atoms with van der Waals surface area (Å²) in [6.45, 7) is 5.75. The topological polar surface area (TPSA) is 89.3 Å². The lowest BCUT2D eigenvalue weighted by atomic mass is 9.98. The van der Waals surface area contributed by atoms with E-state index in [0.717, 1.165) is 25.7 Å². The van der Waals surface area contributed by atoms with Crippen molar-refractivity contribution in [1.29, 1.82) is 0 Å². The van der Waals surface area contributed by atoms with Gasteiger partial charge in [-0.3, -0.25) is 4.79 Å². The summed E-state index contributed by atoms with van der Waals surface area (Å²) >= 11 is 0. The Morgan fingerprint density at radius 3 is 2.48 bits per heavy atom. The van der Waals surface area contributed by atoms with Crippen LogP contribution in [0, 0.1) is 12.8 Å². The molecule has 3 N–H and O–H groups in total. The first kappa shape index (κ1) is 17.7. The molecule has 0 radical (unpaired) electrons. The Morgan fingerprint density at radius 2 is 2.00 bits per heavy atom. The van der Waals surface area contributed by atoms with E-state index in [9.17, 15) is 13.2 Å². The molecular formula is C15H24N2O3S. The average Bonchev–Trinajstić information content (AvgIpc) is 2.38. The van der Waals surface area contributed by atoms with Gasteiger partial charge in [0.25, 0.3) is 0 Å². The van der Waals surface area contributed by atoms with E-state index in [1.807, 2.05) is 6.92 Å². The second-order valence-electron chi connectivity index (χ2n) is 5.26. The van der Waals surface area contributed by atoms with Crippen LogP contribution in [0.15, 0.2) is 23.1 Å². The predicted molar refractivity (Wildman–Crippen MR) is 84.5 cm³/mol. The molecule has 0 aliphatic heterocycles. The molecule has 5 nitrogen and oxygen atoms in total. The van der Waals surface area contributed by atoms with Crippen LogP contribution in [-0.2, 0) is 14.8 Å². The van der Waals surface area contributed by atoms with Gasteiger partial charge in [-0.25, -0.2) is 13.6 Å². The second kappa shape index (κ2) is 7.56. The lowest BCUT2D eigenvalue weighted by Gasteiger charge is -2.15. The largest absolute Gasteiger partial charge is 0.326 e. The van der Waals surface area contributed by atoms with E-state index in [-0.39, 0.29) is 16.7 Å². The highest BCUT2D eigenvalue weighted by molar-refractivity contribution is 7.89. The van der Waals surface area contributed by atoms with E-state index in [1.54, 1.807) is 19.1 Å². The number of nitrogens with two attached hydrogens (primary N) is 1. The van der Waals surface area contributed by atoms with Gasteiger partial charge >= 0.3 is 0 Å². The zero-order chi connectivity index (χ0) is 16.0. The minimum absolute atomic E-state index is 0.0110. The fraction of sp³-hybridized carbons (Fsp3) is 0.533. The fourth-order valence-electron chi connectivity index (χ4n) is 2.26. The van der Waals surface area contributed by atoms with Crippen LogP contribution in [0.5, 0.6) is 0 Å². The van der Waals surface area contributed by atoms with E-state index >= 15 is 0 Å². The number of hydrogen-bond donors (Lipinski definition) is 2. The maximum Gasteiger partial charge on any atom is 0.238 e. The third kappa shape index (κ3) is 5.13. The van der Waals surface area contributed by atoms with Crippen LogP contribution >= 0.6 is 0 Å². The quantitative estimate of drug-likeness (QED) is 0.811. The minimum atomic E-state index is -3.72. The van der Waals surface area contributed by atoms with Crippen LogP contribution in [0.2, 0.25) is 0 Å². The molecule has 1 atom stereocenters. The Labute approximate surface area is 127 Å². The molecule has 21 heavy (non-hydrogen) atoms. The molecule has 0 saturated carbocycles. The van der Waals surface area contributed by atoms with Crippen molar-refractivity contribution < 1.29 is 13.2 Å². The Bertz CT molecular complexity index is 597. The molecule has 0 saturated heterocycles. The van der Waals surface area contributed by atoms with Crippen LogP contribution in [0.4, 0.5) is 5.69 Å². The molecule has 1 rings (SSSR count). The number of unbranched alkanes of at least 4 members (excludes halogenated alkanes) is 1. The molecule has 1 aromatic carbocycles. The summed E-state index contributed by atoms with van der Waals surface area (Å²) in [5.41, 5.74) is 1.12. The van der Waals surface area contributed by atoms with Gasteiger partial charge in [-0.15, -0.1) is 0 Å². The zero-order valence-corrected chi connectivity index (χ0v) is 13.7. The molecule has 0 heterocycles. The standard InChI is InChI=1S/C15H24N2O3S/c1-4-6-7-12(5-2)15(18)17-13-8-9-14(11(3)10-13)21(16,19)20/h8-10,12H,4-7H2,1-3H3,(H,17,18)(H2,16,19,20). The lowest BCUT2D eigenvalue weighted by molar-refractivity contribution is -0.120. The van der Waals surface area contributed by atoms with Gasteiger partial charge in [0.15, 0.2) is 0 Å². The number of carbonyl (C=O) groups is 1. The summed E-state index contributed by atoms with van der Waals surface area (Å²) in [5.74, 6) is -0.0307. The summed E-state index contributed by atoms with van der Waals surface area (Å²) in [7, 11) is -3.72. The number of benzene rings is 1. The zero-order valence-electron chi connectivity index (χ0n) is 12.8. The molecule has 0 aromatic heterocycles. The number of nitrogens with one attached hydrogen (secondary N) is 1. The molecule has 0 spiro atoms. The smallest absolute Gasteiger partial charge is 0.238 e. The highest BCUT2D eigenvalue weighted by Crippen LogP contribution is 2.20. The fourth-order valence-corrected chi connectivity index (χ4v) is 3.03. The van der Waals surface area contributed by atoms with Crippen molar-refractivity contribution in [2.75, 3.05) is 5.32 Å². The van der Waals surface area contributed by atoms with Gasteiger partial charge < -0.3 is 5.32 Å². The molecule has 118 valence electrons. The molecule has 0 fully saturated rings. The third-order valence-electron chi connectivity index (χ3n) is 3.52. The number of sulfonamides is 1. The van der Waals surface area contributed by atoms with Gasteiger partial charge in [-0.2, -0.15) is 0 Å². The summed E-state index contributed by atoms with van der Waals surface area (Å²) < 4.78 is 22.7. The molecule has 0 aliphatic rings. The monoisotopic (exact) mass is 312 g/mol. The normalized spacial score (nSPS) is 13.0. The Hall–Kier alpha value is -1.40. The first-order valence-corrected chi connectivity index (χ1v) is 8.78. The SMILES string of the molecule is CCCCC(CC)C(=O)Nc1ccc(S(N)(=O)=O)c(C)c1. The highest BCUT2D eigenvalue weighted by Gasteiger charge is 2.17. The lowest BCUT2D eigenvalue weighted by Crippen LogP contribution is -2.22. The number of anilines is 1. The number of amides is 1. The molecule has 1 unspecified atom stereocenters. The van der Waals surface area contributed by atoms with Crippen molar-refractivity contribution in [2.24, 2.45) is 11.1 Å². The van der Waals surface area contributed by atoms with E-state index in [1.165, 1.54) is 6.07 Å². The van der Waals surface area contributed by atoms with Crippen molar-refractivity contribution in [3.05, 3.63) is 23.8 Å². The van der Waals surface area contributed by atoms with E-state index in [2.05, 4.69) is 12.2 Å². The maximum absolute atomic E-state index is 12.2. The van der Waals surface area contributed by atoms with Crippen LogP contribution in [0.25, 0.3) is 0 Å². The van der Waals surface area contributed by atoms with Gasteiger partial charge in [-0.1, -0.05) is 26.7 Å². The van der Waals surface area contributed by atoms with Crippen LogP contribution in [0.1, 0.15) is 45.1 Å². The number of carbonyl (C=O) groups excluding carboxylic acids is 1. The van der Waals surface area contributed by atoms with Crippen molar-refractivity contribution in [3.63, 3.8) is 0 Å². The van der Waals surface area contributed by atoms with Gasteiger partial charge in [0.2, 0.25) is 15.9 Å². The minimum Gasteiger partial charge on any atom is -0.326 e. The second-order valence-corrected chi connectivity index (χ2v) is 6.79. The van der Waals surface area contributed by atoms with Crippen LogP contribution < -0.4 is 10.5 Å². The number of primary sulfonamides is 1. The van der Waals surface area contributed by atoms with Gasteiger partial charge in [0.05, 0.1) is 4.90 Å². The third-order valence-corrected chi connectivity index (χ3v) is 4.59. The first-order chi connectivity index (χ1) is 9.79. The number of rotatable bonds is 7. The highest BCUT2D eigenvalue weighted by atomic mass is 32.2. The molecule has 6 heteroatoms. The molecular weight excluding hydrogens is 288 g/mol. The van der Waals surface area contributed by atoms with E-state index in [0.29, 0.717) is 11.3 Å². The van der Waals surface area contributed by atoms with Crippen molar-refractivity contribution >= 4 is 21.6 Å². The summed E-state index contributed by atoms with van der Waals surface area (Å²) in [4.78, 5) is 12.3. The predicted octanol–water partition coefficient (Wildman–Crippen LogP) is 2.80. The average molecular weight is 312 g/mol. The van der Waals surface area contributed by atoms with Gasteiger partial charge in [0, 0.05) is 11.6 Å². The molecule has 0 bridgehead atoms. The van der Waals surface area contributed by atoms with Crippen LogP contribution in [-0.4, -0.2) is 14.3 Å². The summed E-state index contributed by atoms with van der Waals surface area (Å²) in [6.07, 6.45) is 3.74. The number of aryl methyl sites for hydroxylation is 1. The Kier molecular flexibility index (Phi) is 6.36. The molecule has 0 aliphatic carbocycles. The maximum atomic E-state index is 12.2. The van der Waals surface area contributed by atoms with Crippen LogP contribution in [0.3, 0.4) is 0 Å². The van der Waals surface area contributed by atoms with E-state index in [4.69, 9.17) is 5.14 Å². The van der Waals surface area contributed by atoms with Gasteiger partial charge in [-0.05, 0) is 43.5 Å². The van der Waals surface area contributed by atoms with Crippen molar-refractivity contribution in [3.8, 4) is 0 Å². The Balaban J connectivity index is 2.84. The van der Waals surface area contributed by atoms with Crippen molar-refractivity contribution in [2.45, 2.75) is 51.3 Å². The summed E-state index contributed by atoms with van der Waals surface area (Å²) in [6, 6.07) is 4.62.